The third-order valence-electron chi connectivity index (χ3n) is 4.81. The van der Waals surface area contributed by atoms with Crippen LogP contribution in [0.15, 0.2) is 24.3 Å². The van der Waals surface area contributed by atoms with Crippen molar-refractivity contribution in [2.24, 2.45) is 5.41 Å². The van der Waals surface area contributed by atoms with Crippen molar-refractivity contribution in [3.63, 3.8) is 0 Å². The van der Waals surface area contributed by atoms with Crippen molar-refractivity contribution in [2.75, 3.05) is 12.3 Å². The molecule has 0 saturated heterocycles. The molecule has 1 aromatic carbocycles. The minimum Gasteiger partial charge on any atom is -0.342 e. The van der Waals surface area contributed by atoms with Crippen LogP contribution in [0.2, 0.25) is 5.02 Å². The fraction of sp³-hybridized carbons (Fsp3) is 0.438. The highest BCUT2D eigenvalue weighted by Crippen LogP contribution is 2.46. The fourth-order valence-corrected chi connectivity index (χ4v) is 5.36. The summed E-state index contributed by atoms with van der Waals surface area (Å²) in [4.78, 5) is 0. The molecule has 0 atom stereocenters. The monoisotopic (exact) mass is 349 g/mol. The molecule has 0 radical (unpaired) electrons. The summed E-state index contributed by atoms with van der Waals surface area (Å²) >= 11 is 6.06. The molecule has 2 aliphatic rings. The topological polar surface area (TPSA) is 66.1 Å². The van der Waals surface area contributed by atoms with E-state index >= 15 is 0 Å². The van der Waals surface area contributed by atoms with Gasteiger partial charge in [0.05, 0.1) is 23.8 Å². The van der Waals surface area contributed by atoms with Crippen molar-refractivity contribution < 1.29 is 8.42 Å². The van der Waals surface area contributed by atoms with Gasteiger partial charge in [0.2, 0.25) is 10.0 Å². The smallest absolute Gasteiger partial charge is 0.216 e. The Morgan fingerprint density at radius 3 is 2.74 bits per heavy atom. The summed E-state index contributed by atoms with van der Waals surface area (Å²) in [5.74, 6) is -0.0530. The number of rotatable bonds is 3. The molecular weight excluding hydrogens is 334 g/mol. The van der Waals surface area contributed by atoms with Crippen LogP contribution < -0.4 is 0 Å². The number of nitrogens with zero attached hydrogens (tertiary/aromatic N) is 3. The summed E-state index contributed by atoms with van der Waals surface area (Å²) in [5, 5.41) is 10.9. The zero-order chi connectivity index (χ0) is 16.2. The van der Waals surface area contributed by atoms with Crippen LogP contribution in [-0.4, -0.2) is 29.6 Å². The lowest BCUT2D eigenvalue weighted by Gasteiger charge is -2.29. The number of nitriles is 1. The van der Waals surface area contributed by atoms with E-state index in [9.17, 15) is 8.42 Å². The molecule has 7 heteroatoms. The highest BCUT2D eigenvalue weighted by molar-refractivity contribution is 7.89. The largest absolute Gasteiger partial charge is 0.342 e. The van der Waals surface area contributed by atoms with Gasteiger partial charge in [-0.3, -0.25) is 0 Å². The molecule has 1 fully saturated rings. The van der Waals surface area contributed by atoms with Gasteiger partial charge in [0, 0.05) is 34.7 Å². The molecule has 0 spiro atoms. The number of aromatic nitrogens is 1. The van der Waals surface area contributed by atoms with Crippen LogP contribution in [0.1, 0.15) is 18.5 Å². The number of halogens is 1. The van der Waals surface area contributed by atoms with Crippen molar-refractivity contribution in [3.05, 3.63) is 35.0 Å². The van der Waals surface area contributed by atoms with Crippen molar-refractivity contribution >= 4 is 32.5 Å². The van der Waals surface area contributed by atoms with Crippen LogP contribution in [0.25, 0.3) is 10.9 Å². The van der Waals surface area contributed by atoms with Crippen LogP contribution in [-0.2, 0) is 23.1 Å². The SMILES string of the molecule is N#CC1(CS(=O)(=O)N2CCn3c(cc4ccc(Cl)cc43)C2)CC1. The van der Waals surface area contributed by atoms with Gasteiger partial charge in [-0.05, 0) is 31.0 Å². The molecule has 2 aromatic rings. The van der Waals surface area contributed by atoms with Crippen LogP contribution in [0, 0.1) is 16.7 Å². The van der Waals surface area contributed by atoms with Gasteiger partial charge in [-0.2, -0.15) is 9.57 Å². The lowest BCUT2D eigenvalue weighted by atomic mass is 10.2. The average molecular weight is 350 g/mol. The second kappa shape index (κ2) is 4.97. The lowest BCUT2D eigenvalue weighted by molar-refractivity contribution is 0.343. The zero-order valence-corrected chi connectivity index (χ0v) is 14.1. The van der Waals surface area contributed by atoms with Crippen molar-refractivity contribution in [1.29, 1.82) is 5.26 Å². The van der Waals surface area contributed by atoms with Crippen molar-refractivity contribution in [3.8, 4) is 6.07 Å². The Kier molecular flexibility index (Phi) is 3.24. The summed E-state index contributed by atoms with van der Waals surface area (Å²) in [6.07, 6.45) is 1.38. The van der Waals surface area contributed by atoms with Crippen molar-refractivity contribution in [1.82, 2.24) is 8.87 Å². The van der Waals surface area contributed by atoms with E-state index in [2.05, 4.69) is 10.6 Å². The van der Waals surface area contributed by atoms with Gasteiger partial charge in [0.25, 0.3) is 0 Å². The molecule has 0 unspecified atom stereocenters. The second-order valence-corrected chi connectivity index (χ2v) is 8.88. The minimum atomic E-state index is -3.41. The number of benzene rings is 1. The maximum Gasteiger partial charge on any atom is 0.216 e. The molecule has 1 aliphatic carbocycles. The number of fused-ring (bicyclic) bond motifs is 3. The van der Waals surface area contributed by atoms with Gasteiger partial charge in [-0.1, -0.05) is 17.7 Å². The maximum absolute atomic E-state index is 12.6. The van der Waals surface area contributed by atoms with E-state index in [1.165, 1.54) is 4.31 Å². The van der Waals surface area contributed by atoms with Crippen molar-refractivity contribution in [2.45, 2.75) is 25.9 Å². The Hall–Kier alpha value is -1.55. The van der Waals surface area contributed by atoms with E-state index < -0.39 is 15.4 Å². The van der Waals surface area contributed by atoms with Gasteiger partial charge in [-0.15, -0.1) is 0 Å². The summed E-state index contributed by atoms with van der Waals surface area (Å²) in [5.41, 5.74) is 1.37. The predicted molar refractivity (Wildman–Crippen MR) is 88.4 cm³/mol. The first-order valence-electron chi connectivity index (χ1n) is 7.59. The third kappa shape index (κ3) is 2.53. The van der Waals surface area contributed by atoms with Crippen LogP contribution in [0.3, 0.4) is 0 Å². The Balaban J connectivity index is 1.64. The predicted octanol–water partition coefficient (Wildman–Crippen LogP) is 2.74. The molecule has 0 N–H and O–H groups in total. The Labute approximate surface area is 140 Å². The normalized spacial score (nSPS) is 20.2. The Bertz CT molecular complexity index is 938. The van der Waals surface area contributed by atoms with E-state index in [0.29, 0.717) is 37.5 Å². The lowest BCUT2D eigenvalue weighted by Crippen LogP contribution is -2.40. The Morgan fingerprint density at radius 1 is 1.26 bits per heavy atom. The fourth-order valence-electron chi connectivity index (χ4n) is 3.27. The summed E-state index contributed by atoms with van der Waals surface area (Å²) in [6, 6.07) is 9.90. The Morgan fingerprint density at radius 2 is 2.04 bits per heavy atom. The standard InChI is InChI=1S/C16H16ClN3O2S/c17-13-2-1-12-7-14-9-19(5-6-20(14)15(12)8-13)23(21,22)11-16(10-18)3-4-16/h1-2,7-8H,3-6,9,11H2. The van der Waals surface area contributed by atoms with Crippen LogP contribution >= 0.6 is 11.6 Å². The van der Waals surface area contributed by atoms with Gasteiger partial charge in [-0.25, -0.2) is 8.42 Å². The minimum absolute atomic E-state index is 0.0530. The molecule has 23 heavy (non-hydrogen) atoms. The molecule has 4 rings (SSSR count). The number of hydrogen-bond acceptors (Lipinski definition) is 3. The van der Waals surface area contributed by atoms with Gasteiger partial charge >= 0.3 is 0 Å². The zero-order valence-electron chi connectivity index (χ0n) is 12.5. The number of sulfonamides is 1. The van der Waals surface area contributed by atoms with E-state index in [1.54, 1.807) is 0 Å². The summed E-state index contributed by atoms with van der Waals surface area (Å²) < 4.78 is 28.9. The van der Waals surface area contributed by atoms with E-state index in [4.69, 9.17) is 16.9 Å². The highest BCUT2D eigenvalue weighted by Gasteiger charge is 2.48. The third-order valence-corrected chi connectivity index (χ3v) is 7.06. The first kappa shape index (κ1) is 15.0. The van der Waals surface area contributed by atoms with Crippen LogP contribution in [0.4, 0.5) is 0 Å². The quantitative estimate of drug-likeness (QED) is 0.855. The molecular formula is C16H16ClN3O2S. The molecule has 0 bridgehead atoms. The van der Waals surface area contributed by atoms with Gasteiger partial charge in [0.15, 0.2) is 0 Å². The molecule has 1 aliphatic heterocycles. The highest BCUT2D eigenvalue weighted by atomic mass is 35.5. The molecule has 120 valence electrons. The molecule has 5 nitrogen and oxygen atoms in total. The van der Waals surface area contributed by atoms with E-state index in [-0.39, 0.29) is 5.75 Å². The molecule has 2 heterocycles. The van der Waals surface area contributed by atoms with Gasteiger partial charge in [0.1, 0.15) is 0 Å². The van der Waals surface area contributed by atoms with E-state index in [1.807, 2.05) is 24.3 Å². The molecule has 1 aromatic heterocycles. The van der Waals surface area contributed by atoms with E-state index in [0.717, 1.165) is 16.6 Å². The maximum atomic E-state index is 12.6. The summed E-state index contributed by atoms with van der Waals surface area (Å²) in [7, 11) is -3.41. The van der Waals surface area contributed by atoms with Crippen LogP contribution in [0.5, 0.6) is 0 Å². The molecule has 0 amide bonds. The first-order chi connectivity index (χ1) is 10.9. The second-order valence-electron chi connectivity index (χ2n) is 6.47. The first-order valence-corrected chi connectivity index (χ1v) is 9.58. The summed E-state index contributed by atoms with van der Waals surface area (Å²) in [6.45, 7) is 1.40. The average Bonchev–Trinajstić information content (AvgIpc) is 3.19. The molecule has 1 saturated carbocycles. The number of hydrogen-bond donors (Lipinski definition) is 0. The van der Waals surface area contributed by atoms with Gasteiger partial charge < -0.3 is 4.57 Å².